The van der Waals surface area contributed by atoms with Crippen molar-refractivity contribution in [2.45, 2.75) is 38.6 Å². The van der Waals surface area contributed by atoms with E-state index in [4.69, 9.17) is 0 Å². The van der Waals surface area contributed by atoms with Crippen LogP contribution in [0.25, 0.3) is 0 Å². The van der Waals surface area contributed by atoms with E-state index in [1.165, 1.54) is 0 Å². The molecule has 1 N–H and O–H groups in total. The molecular weight excluding hydrogens is 238 g/mol. The maximum absolute atomic E-state index is 12.5. The van der Waals surface area contributed by atoms with E-state index < -0.39 is 10.2 Å². The van der Waals surface area contributed by atoms with Crippen LogP contribution in [0.15, 0.2) is 0 Å². The van der Waals surface area contributed by atoms with E-state index in [1.807, 2.05) is 6.92 Å². The fraction of sp³-hybridized carbons (Fsp3) is 1.00. The number of piperidine rings is 1. The fourth-order valence-corrected chi connectivity index (χ4v) is 4.51. The van der Waals surface area contributed by atoms with Gasteiger partial charge in [0, 0.05) is 32.2 Å². The van der Waals surface area contributed by atoms with E-state index in [0.717, 1.165) is 38.8 Å². The zero-order valence-electron chi connectivity index (χ0n) is 10.6. The van der Waals surface area contributed by atoms with Crippen LogP contribution in [0, 0.1) is 0 Å². The molecule has 2 aliphatic rings. The maximum atomic E-state index is 12.5. The molecule has 0 aromatic carbocycles. The minimum absolute atomic E-state index is 0.157. The Hall–Kier alpha value is -0.170. The standard InChI is InChI=1S/C11H23N3O2S/c1-11-5-2-3-9-14(11)17(15,16)13-8-4-6-12-7-10-13/h11-12H,2-10H2,1H3. The van der Waals surface area contributed by atoms with Gasteiger partial charge in [-0.15, -0.1) is 0 Å². The van der Waals surface area contributed by atoms with Crippen molar-refractivity contribution in [3.05, 3.63) is 0 Å². The SMILES string of the molecule is CC1CCCCN1S(=O)(=O)N1CCCNCC1. The van der Waals surface area contributed by atoms with E-state index in [0.29, 0.717) is 19.6 Å². The number of hydrogen-bond acceptors (Lipinski definition) is 3. The molecule has 0 spiro atoms. The van der Waals surface area contributed by atoms with Crippen LogP contribution in [0.2, 0.25) is 0 Å². The molecule has 5 nitrogen and oxygen atoms in total. The summed E-state index contributed by atoms with van der Waals surface area (Å²) in [4.78, 5) is 0. The fourth-order valence-electron chi connectivity index (χ4n) is 2.61. The van der Waals surface area contributed by atoms with Crippen molar-refractivity contribution >= 4 is 10.2 Å². The predicted octanol–water partition coefficient (Wildman–Crippen LogP) is 0.401. The summed E-state index contributed by atoms with van der Waals surface area (Å²) in [6.45, 7) is 5.65. The summed E-state index contributed by atoms with van der Waals surface area (Å²) in [7, 11) is -3.23. The first-order valence-corrected chi connectivity index (χ1v) is 8.00. The van der Waals surface area contributed by atoms with E-state index in [2.05, 4.69) is 5.32 Å². The molecule has 2 saturated heterocycles. The van der Waals surface area contributed by atoms with Gasteiger partial charge in [-0.3, -0.25) is 0 Å². The van der Waals surface area contributed by atoms with E-state index >= 15 is 0 Å². The zero-order chi connectivity index (χ0) is 12.3. The van der Waals surface area contributed by atoms with Gasteiger partial charge in [-0.25, -0.2) is 0 Å². The Kier molecular flexibility index (Phi) is 4.41. The van der Waals surface area contributed by atoms with Gasteiger partial charge >= 0.3 is 0 Å². The van der Waals surface area contributed by atoms with Crippen molar-refractivity contribution in [1.29, 1.82) is 0 Å². The largest absolute Gasteiger partial charge is 0.315 e. The molecule has 6 heteroatoms. The first-order valence-electron chi connectivity index (χ1n) is 6.60. The molecule has 2 fully saturated rings. The molecule has 0 aliphatic carbocycles. The summed E-state index contributed by atoms with van der Waals surface area (Å²) in [5, 5.41) is 3.24. The summed E-state index contributed by atoms with van der Waals surface area (Å²) in [6.07, 6.45) is 4.04. The monoisotopic (exact) mass is 261 g/mol. The van der Waals surface area contributed by atoms with Crippen LogP contribution in [0.4, 0.5) is 0 Å². The molecular formula is C11H23N3O2S. The van der Waals surface area contributed by atoms with Crippen molar-refractivity contribution in [2.75, 3.05) is 32.7 Å². The van der Waals surface area contributed by atoms with Crippen molar-refractivity contribution in [1.82, 2.24) is 13.9 Å². The van der Waals surface area contributed by atoms with Crippen LogP contribution in [0.5, 0.6) is 0 Å². The van der Waals surface area contributed by atoms with Crippen LogP contribution >= 0.6 is 0 Å². The molecule has 0 radical (unpaired) electrons. The normalized spacial score (nSPS) is 30.1. The minimum atomic E-state index is -3.23. The first-order chi connectivity index (χ1) is 8.12. The minimum Gasteiger partial charge on any atom is -0.315 e. The molecule has 2 rings (SSSR count). The number of nitrogens with one attached hydrogen (secondary N) is 1. The topological polar surface area (TPSA) is 52.7 Å². The average molecular weight is 261 g/mol. The molecule has 0 amide bonds. The second-order valence-electron chi connectivity index (χ2n) is 4.97. The number of nitrogens with zero attached hydrogens (tertiary/aromatic N) is 2. The lowest BCUT2D eigenvalue weighted by Gasteiger charge is -2.36. The lowest BCUT2D eigenvalue weighted by molar-refractivity contribution is 0.246. The van der Waals surface area contributed by atoms with Gasteiger partial charge in [0.25, 0.3) is 10.2 Å². The average Bonchev–Trinajstić information content (AvgIpc) is 2.58. The van der Waals surface area contributed by atoms with Crippen LogP contribution < -0.4 is 5.32 Å². The second kappa shape index (κ2) is 5.65. The van der Waals surface area contributed by atoms with Crippen molar-refractivity contribution in [3.63, 3.8) is 0 Å². The third-order valence-corrected chi connectivity index (χ3v) is 5.82. The van der Waals surface area contributed by atoms with Gasteiger partial charge in [0.1, 0.15) is 0 Å². The van der Waals surface area contributed by atoms with Gasteiger partial charge in [0.2, 0.25) is 0 Å². The van der Waals surface area contributed by atoms with E-state index in [-0.39, 0.29) is 6.04 Å². The highest BCUT2D eigenvalue weighted by molar-refractivity contribution is 7.86. The highest BCUT2D eigenvalue weighted by atomic mass is 32.2. The lowest BCUT2D eigenvalue weighted by atomic mass is 10.1. The third-order valence-electron chi connectivity index (χ3n) is 3.66. The molecule has 0 saturated carbocycles. The smallest absolute Gasteiger partial charge is 0.282 e. The van der Waals surface area contributed by atoms with Gasteiger partial charge in [-0.1, -0.05) is 6.42 Å². The van der Waals surface area contributed by atoms with Crippen LogP contribution in [0.1, 0.15) is 32.6 Å². The van der Waals surface area contributed by atoms with Crippen LogP contribution in [-0.2, 0) is 10.2 Å². The highest BCUT2D eigenvalue weighted by Crippen LogP contribution is 2.22. The molecule has 1 atom stereocenters. The van der Waals surface area contributed by atoms with Crippen LogP contribution in [-0.4, -0.2) is 55.8 Å². The summed E-state index contributed by atoms with van der Waals surface area (Å²) in [5.74, 6) is 0. The summed E-state index contributed by atoms with van der Waals surface area (Å²) in [5.41, 5.74) is 0. The summed E-state index contributed by atoms with van der Waals surface area (Å²) >= 11 is 0. The number of hydrogen-bond donors (Lipinski definition) is 1. The quantitative estimate of drug-likeness (QED) is 0.783. The summed E-state index contributed by atoms with van der Waals surface area (Å²) in [6, 6.07) is 0.157. The molecule has 17 heavy (non-hydrogen) atoms. The Balaban J connectivity index is 2.10. The molecule has 100 valence electrons. The van der Waals surface area contributed by atoms with Gasteiger partial charge in [-0.2, -0.15) is 17.0 Å². The second-order valence-corrected chi connectivity index (χ2v) is 6.85. The maximum Gasteiger partial charge on any atom is 0.282 e. The van der Waals surface area contributed by atoms with Crippen molar-refractivity contribution in [3.8, 4) is 0 Å². The summed E-state index contributed by atoms with van der Waals surface area (Å²) < 4.78 is 28.4. The van der Waals surface area contributed by atoms with Crippen LogP contribution in [0.3, 0.4) is 0 Å². The Bertz CT molecular complexity index is 337. The molecule has 2 aliphatic heterocycles. The predicted molar refractivity (Wildman–Crippen MR) is 68.0 cm³/mol. The molecule has 0 bridgehead atoms. The molecule has 1 unspecified atom stereocenters. The van der Waals surface area contributed by atoms with Crippen molar-refractivity contribution < 1.29 is 8.42 Å². The van der Waals surface area contributed by atoms with Gasteiger partial charge in [0.05, 0.1) is 0 Å². The Morgan fingerprint density at radius 3 is 2.65 bits per heavy atom. The van der Waals surface area contributed by atoms with Gasteiger partial charge < -0.3 is 5.32 Å². The van der Waals surface area contributed by atoms with Crippen molar-refractivity contribution in [2.24, 2.45) is 0 Å². The highest BCUT2D eigenvalue weighted by Gasteiger charge is 2.34. The zero-order valence-corrected chi connectivity index (χ0v) is 11.4. The Morgan fingerprint density at radius 1 is 1.06 bits per heavy atom. The van der Waals surface area contributed by atoms with Gasteiger partial charge in [0.15, 0.2) is 0 Å². The third kappa shape index (κ3) is 2.99. The molecule has 0 aromatic heterocycles. The molecule has 2 heterocycles. The van der Waals surface area contributed by atoms with Gasteiger partial charge in [-0.05, 0) is 32.7 Å². The first kappa shape index (κ1) is 13.3. The number of rotatable bonds is 2. The lowest BCUT2D eigenvalue weighted by Crippen LogP contribution is -2.50. The Morgan fingerprint density at radius 2 is 1.88 bits per heavy atom. The van der Waals surface area contributed by atoms with E-state index in [1.54, 1.807) is 8.61 Å². The molecule has 0 aromatic rings. The van der Waals surface area contributed by atoms with E-state index in [9.17, 15) is 8.42 Å². The Labute approximate surface area is 104 Å².